The number of hydrogen-bond donors (Lipinski definition) is 1. The Labute approximate surface area is 148 Å². The minimum Gasteiger partial charge on any atom is -0.379 e. The average molecular weight is 411 g/mol. The number of hydrogen-bond acceptors (Lipinski definition) is 2. The fourth-order valence-electron chi connectivity index (χ4n) is 1.86. The van der Waals surface area contributed by atoms with Crippen LogP contribution in [0.3, 0.4) is 0 Å². The normalized spacial score (nSPS) is 11.2. The Morgan fingerprint density at radius 1 is 1.33 bits per heavy atom. The number of allylic oxidation sites excluding steroid dienone is 1. The molecule has 5 heteroatoms. The van der Waals surface area contributed by atoms with Gasteiger partial charge in [-0.25, -0.2) is 0 Å². The van der Waals surface area contributed by atoms with E-state index in [9.17, 15) is 0 Å². The van der Waals surface area contributed by atoms with E-state index in [0.717, 1.165) is 38.7 Å². The molecule has 0 atom stereocenters. The van der Waals surface area contributed by atoms with Gasteiger partial charge in [0.15, 0.2) is 5.96 Å². The molecule has 1 N–H and O–H groups in total. The second-order valence-electron chi connectivity index (χ2n) is 5.50. The van der Waals surface area contributed by atoms with E-state index >= 15 is 0 Å². The van der Waals surface area contributed by atoms with Gasteiger partial charge in [-0.15, -0.1) is 30.6 Å². The molecule has 0 rings (SSSR count). The summed E-state index contributed by atoms with van der Waals surface area (Å²) in [5.74, 6) is 1.54. The van der Waals surface area contributed by atoms with Crippen molar-refractivity contribution in [2.75, 3.05) is 40.4 Å². The number of aliphatic imine (C=N–C) groups is 1. The van der Waals surface area contributed by atoms with Crippen molar-refractivity contribution < 1.29 is 4.74 Å². The van der Waals surface area contributed by atoms with Crippen LogP contribution >= 0.6 is 24.0 Å². The Balaban J connectivity index is 0. The third-order valence-electron chi connectivity index (χ3n) is 2.96. The smallest absolute Gasteiger partial charge is 0.193 e. The van der Waals surface area contributed by atoms with Gasteiger partial charge < -0.3 is 15.0 Å². The van der Waals surface area contributed by atoms with E-state index in [2.05, 4.69) is 42.7 Å². The molecule has 21 heavy (non-hydrogen) atoms. The number of guanidine groups is 1. The Morgan fingerprint density at radius 2 is 2.05 bits per heavy atom. The number of unbranched alkanes of at least 4 members (excludes halogenated alkanes) is 3. The highest BCUT2D eigenvalue weighted by Crippen LogP contribution is 2.01. The van der Waals surface area contributed by atoms with Gasteiger partial charge in [-0.1, -0.05) is 26.3 Å². The Hall–Kier alpha value is -0.300. The summed E-state index contributed by atoms with van der Waals surface area (Å²) in [4.78, 5) is 6.47. The first-order valence-electron chi connectivity index (χ1n) is 7.72. The third kappa shape index (κ3) is 14.4. The van der Waals surface area contributed by atoms with Crippen LogP contribution in [0.4, 0.5) is 0 Å². The Kier molecular flexibility index (Phi) is 17.6. The number of nitrogens with zero attached hydrogens (tertiary/aromatic N) is 2. The molecule has 0 saturated heterocycles. The monoisotopic (exact) mass is 411 g/mol. The lowest BCUT2D eigenvalue weighted by Crippen LogP contribution is -2.40. The number of halogens is 1. The molecule has 0 bridgehead atoms. The van der Waals surface area contributed by atoms with Gasteiger partial charge in [0.05, 0.1) is 6.61 Å². The highest BCUT2D eigenvalue weighted by molar-refractivity contribution is 14.0. The third-order valence-corrected chi connectivity index (χ3v) is 2.96. The van der Waals surface area contributed by atoms with Crippen LogP contribution in [0.25, 0.3) is 0 Å². The lowest BCUT2D eigenvalue weighted by Gasteiger charge is -2.22. The van der Waals surface area contributed by atoms with Gasteiger partial charge >= 0.3 is 0 Å². The van der Waals surface area contributed by atoms with Crippen LogP contribution in [0.1, 0.15) is 39.5 Å². The maximum Gasteiger partial charge on any atom is 0.193 e. The predicted octanol–water partition coefficient (Wildman–Crippen LogP) is 3.53. The molecule has 126 valence electrons. The Morgan fingerprint density at radius 3 is 2.62 bits per heavy atom. The quantitative estimate of drug-likeness (QED) is 0.186. The molecular weight excluding hydrogens is 377 g/mol. The standard InChI is InChI=1S/C16H33N3O.HI/c1-6-7-8-9-10-12-19(5)16(17-4)18-11-13-20-14-15(2)3;/h6,15H,1,7-14H2,2-5H3,(H,17,18);1H. The molecule has 0 aromatic rings. The summed E-state index contributed by atoms with van der Waals surface area (Å²) >= 11 is 0. The molecule has 0 saturated carbocycles. The fourth-order valence-corrected chi connectivity index (χ4v) is 1.86. The summed E-state index contributed by atoms with van der Waals surface area (Å²) in [6.07, 6.45) is 6.76. The minimum absolute atomic E-state index is 0. The molecule has 0 heterocycles. The van der Waals surface area contributed by atoms with Crippen LogP contribution in [-0.2, 0) is 4.74 Å². The van der Waals surface area contributed by atoms with Crippen LogP contribution in [0.2, 0.25) is 0 Å². The molecule has 0 aromatic carbocycles. The fraction of sp³-hybridized carbons (Fsp3) is 0.812. The lowest BCUT2D eigenvalue weighted by molar-refractivity contribution is 0.114. The van der Waals surface area contributed by atoms with E-state index < -0.39 is 0 Å². The highest BCUT2D eigenvalue weighted by Gasteiger charge is 2.04. The average Bonchev–Trinajstić information content (AvgIpc) is 2.42. The first-order chi connectivity index (χ1) is 9.61. The zero-order valence-corrected chi connectivity index (χ0v) is 16.6. The van der Waals surface area contributed by atoms with Crippen molar-refractivity contribution >= 4 is 29.9 Å². The molecule has 0 aliphatic carbocycles. The number of ether oxygens (including phenoxy) is 1. The van der Waals surface area contributed by atoms with Gasteiger partial charge in [-0.2, -0.15) is 0 Å². The summed E-state index contributed by atoms with van der Waals surface area (Å²) in [6.45, 7) is 11.4. The van der Waals surface area contributed by atoms with Gasteiger partial charge in [0.1, 0.15) is 0 Å². The van der Waals surface area contributed by atoms with E-state index in [1.807, 2.05) is 13.1 Å². The molecule has 4 nitrogen and oxygen atoms in total. The van der Waals surface area contributed by atoms with E-state index in [4.69, 9.17) is 4.74 Å². The molecule has 0 fully saturated rings. The largest absolute Gasteiger partial charge is 0.379 e. The van der Waals surface area contributed by atoms with Crippen LogP contribution in [0.5, 0.6) is 0 Å². The van der Waals surface area contributed by atoms with Crippen molar-refractivity contribution in [3.8, 4) is 0 Å². The van der Waals surface area contributed by atoms with Gasteiger partial charge in [-0.3, -0.25) is 4.99 Å². The lowest BCUT2D eigenvalue weighted by atomic mass is 10.2. The highest BCUT2D eigenvalue weighted by atomic mass is 127. The zero-order valence-electron chi connectivity index (χ0n) is 14.2. The molecule has 0 aliphatic rings. The second kappa shape index (κ2) is 16.1. The topological polar surface area (TPSA) is 36.9 Å². The molecule has 0 spiro atoms. The van der Waals surface area contributed by atoms with Gasteiger partial charge in [0.2, 0.25) is 0 Å². The van der Waals surface area contributed by atoms with Crippen LogP contribution in [0.15, 0.2) is 17.6 Å². The maximum absolute atomic E-state index is 5.55. The first-order valence-corrected chi connectivity index (χ1v) is 7.72. The molecular formula is C16H34IN3O. The van der Waals surface area contributed by atoms with E-state index in [1.54, 1.807) is 0 Å². The van der Waals surface area contributed by atoms with Crippen molar-refractivity contribution in [1.82, 2.24) is 10.2 Å². The number of nitrogens with one attached hydrogen (secondary N) is 1. The van der Waals surface area contributed by atoms with Crippen LogP contribution < -0.4 is 5.32 Å². The van der Waals surface area contributed by atoms with Crippen molar-refractivity contribution in [3.05, 3.63) is 12.7 Å². The van der Waals surface area contributed by atoms with Gasteiger partial charge in [0, 0.05) is 33.8 Å². The summed E-state index contributed by atoms with van der Waals surface area (Å²) in [5.41, 5.74) is 0. The van der Waals surface area contributed by atoms with Gasteiger partial charge in [0.25, 0.3) is 0 Å². The maximum atomic E-state index is 5.55. The van der Waals surface area contributed by atoms with Crippen molar-refractivity contribution in [2.45, 2.75) is 39.5 Å². The van der Waals surface area contributed by atoms with Crippen LogP contribution in [-0.4, -0.2) is 51.3 Å². The predicted molar refractivity (Wildman–Crippen MR) is 104 cm³/mol. The number of rotatable bonds is 11. The molecule has 0 radical (unpaired) electrons. The van der Waals surface area contributed by atoms with Crippen molar-refractivity contribution in [1.29, 1.82) is 0 Å². The molecule has 0 amide bonds. The summed E-state index contributed by atoms with van der Waals surface area (Å²) in [5, 5.41) is 3.33. The van der Waals surface area contributed by atoms with Crippen LogP contribution in [0, 0.1) is 5.92 Å². The van der Waals surface area contributed by atoms with Crippen molar-refractivity contribution in [3.63, 3.8) is 0 Å². The van der Waals surface area contributed by atoms with E-state index in [1.165, 1.54) is 19.3 Å². The summed E-state index contributed by atoms with van der Waals surface area (Å²) < 4.78 is 5.55. The SMILES string of the molecule is C=CCCCCCN(C)C(=NC)NCCOCC(C)C.I. The second-order valence-corrected chi connectivity index (χ2v) is 5.50. The first kappa shape index (κ1) is 23.0. The molecule has 0 aliphatic heterocycles. The zero-order chi connectivity index (χ0) is 15.2. The summed E-state index contributed by atoms with van der Waals surface area (Å²) in [7, 11) is 3.91. The Bertz CT molecular complexity index is 270. The minimum atomic E-state index is 0. The van der Waals surface area contributed by atoms with E-state index in [-0.39, 0.29) is 24.0 Å². The van der Waals surface area contributed by atoms with E-state index in [0.29, 0.717) is 5.92 Å². The van der Waals surface area contributed by atoms with Crippen molar-refractivity contribution in [2.24, 2.45) is 10.9 Å². The molecule has 0 unspecified atom stereocenters. The summed E-state index contributed by atoms with van der Waals surface area (Å²) in [6, 6.07) is 0. The molecule has 0 aromatic heterocycles. The van der Waals surface area contributed by atoms with Gasteiger partial charge in [-0.05, 0) is 25.2 Å².